The van der Waals surface area contributed by atoms with Crippen LogP contribution in [-0.2, 0) is 19.5 Å². The topological polar surface area (TPSA) is 23.5 Å². The number of nitrogens with zero attached hydrogens (tertiary/aromatic N) is 1. The van der Waals surface area contributed by atoms with E-state index in [1.807, 2.05) is 24.3 Å². The van der Waals surface area contributed by atoms with Gasteiger partial charge < -0.3 is 5.11 Å². The van der Waals surface area contributed by atoms with Crippen molar-refractivity contribution < 1.29 is 9.50 Å². The van der Waals surface area contributed by atoms with Gasteiger partial charge in [-0.05, 0) is 35.2 Å². The number of halogens is 1. The highest BCUT2D eigenvalue weighted by Crippen LogP contribution is 2.25. The van der Waals surface area contributed by atoms with E-state index in [-0.39, 0.29) is 18.5 Å². The minimum absolute atomic E-state index is 0.105. The van der Waals surface area contributed by atoms with E-state index in [0.29, 0.717) is 6.54 Å². The Kier molecular flexibility index (Phi) is 3.81. The Hall–Kier alpha value is -1.71. The molecule has 1 atom stereocenters. The summed E-state index contributed by atoms with van der Waals surface area (Å²) in [6.07, 6.45) is 0.777. The summed E-state index contributed by atoms with van der Waals surface area (Å²) in [5.74, 6) is -0.189. The number of rotatable bonds is 3. The molecule has 3 heteroatoms. The summed E-state index contributed by atoms with van der Waals surface area (Å²) in [7, 11) is 0. The molecule has 0 spiro atoms. The van der Waals surface area contributed by atoms with Crippen molar-refractivity contribution in [3.05, 3.63) is 71.0 Å². The van der Waals surface area contributed by atoms with Crippen molar-refractivity contribution >= 4 is 0 Å². The van der Waals surface area contributed by atoms with Gasteiger partial charge in [-0.1, -0.05) is 36.4 Å². The van der Waals surface area contributed by atoms with Crippen LogP contribution >= 0.6 is 0 Å². The first kappa shape index (κ1) is 13.3. The molecule has 2 nitrogen and oxygen atoms in total. The minimum atomic E-state index is -0.189. The van der Waals surface area contributed by atoms with E-state index >= 15 is 0 Å². The maximum Gasteiger partial charge on any atom is 0.123 e. The van der Waals surface area contributed by atoms with Crippen LogP contribution in [0.15, 0.2) is 48.5 Å². The molecule has 1 N–H and O–H groups in total. The Labute approximate surface area is 118 Å². The average Bonchev–Trinajstić information content (AvgIpc) is 2.47. The fraction of sp³-hybridized carbons (Fsp3) is 0.294. The number of benzene rings is 2. The molecule has 1 heterocycles. The van der Waals surface area contributed by atoms with Crippen LogP contribution in [0.3, 0.4) is 0 Å². The van der Waals surface area contributed by atoms with Gasteiger partial charge in [0.05, 0.1) is 6.61 Å². The second-order valence-electron chi connectivity index (χ2n) is 5.34. The molecule has 0 saturated heterocycles. The van der Waals surface area contributed by atoms with Crippen LogP contribution in [0.5, 0.6) is 0 Å². The molecule has 104 valence electrons. The Morgan fingerprint density at radius 3 is 2.65 bits per heavy atom. The van der Waals surface area contributed by atoms with Crippen molar-refractivity contribution in [2.75, 3.05) is 6.61 Å². The van der Waals surface area contributed by atoms with E-state index < -0.39 is 0 Å². The SMILES string of the molecule is OC[C@@H]1Cc2ccc(F)cc2CN1Cc1ccccc1. The monoisotopic (exact) mass is 271 g/mol. The summed E-state index contributed by atoms with van der Waals surface area (Å²) in [5, 5.41) is 9.60. The molecular weight excluding hydrogens is 253 g/mol. The number of aliphatic hydroxyl groups excluding tert-OH is 1. The van der Waals surface area contributed by atoms with Crippen molar-refractivity contribution in [1.82, 2.24) is 4.90 Å². The number of fused-ring (bicyclic) bond motifs is 1. The van der Waals surface area contributed by atoms with Crippen molar-refractivity contribution in [3.8, 4) is 0 Å². The molecule has 1 aliphatic rings. The highest BCUT2D eigenvalue weighted by Gasteiger charge is 2.25. The zero-order valence-corrected chi connectivity index (χ0v) is 11.3. The number of hydrogen-bond acceptors (Lipinski definition) is 2. The average molecular weight is 271 g/mol. The minimum Gasteiger partial charge on any atom is -0.395 e. The van der Waals surface area contributed by atoms with Crippen molar-refractivity contribution in [3.63, 3.8) is 0 Å². The normalized spacial score (nSPS) is 18.8. The molecule has 0 amide bonds. The lowest BCUT2D eigenvalue weighted by Gasteiger charge is -2.36. The van der Waals surface area contributed by atoms with Gasteiger partial charge in [-0.2, -0.15) is 0 Å². The van der Waals surface area contributed by atoms with Gasteiger partial charge in [0.2, 0.25) is 0 Å². The number of aliphatic hydroxyl groups is 1. The van der Waals surface area contributed by atoms with Crippen LogP contribution in [0.1, 0.15) is 16.7 Å². The molecule has 0 unspecified atom stereocenters. The predicted octanol–water partition coefficient (Wildman–Crippen LogP) is 2.74. The lowest BCUT2D eigenvalue weighted by atomic mass is 9.93. The van der Waals surface area contributed by atoms with Crippen LogP contribution in [0, 0.1) is 5.82 Å². The predicted molar refractivity (Wildman–Crippen MR) is 76.7 cm³/mol. The van der Waals surface area contributed by atoms with E-state index in [4.69, 9.17) is 0 Å². The van der Waals surface area contributed by atoms with Gasteiger partial charge in [0, 0.05) is 19.1 Å². The summed E-state index contributed by atoms with van der Waals surface area (Å²) in [6, 6.07) is 15.2. The van der Waals surface area contributed by atoms with Crippen molar-refractivity contribution in [2.45, 2.75) is 25.6 Å². The lowest BCUT2D eigenvalue weighted by Crippen LogP contribution is -2.42. The number of hydrogen-bond donors (Lipinski definition) is 1. The van der Waals surface area contributed by atoms with E-state index in [1.54, 1.807) is 6.07 Å². The molecule has 0 bridgehead atoms. The fourth-order valence-electron chi connectivity index (χ4n) is 2.85. The van der Waals surface area contributed by atoms with Crippen LogP contribution in [0.2, 0.25) is 0 Å². The van der Waals surface area contributed by atoms with Crippen LogP contribution in [0.4, 0.5) is 4.39 Å². The Balaban J connectivity index is 1.83. The largest absolute Gasteiger partial charge is 0.395 e. The van der Waals surface area contributed by atoms with E-state index in [9.17, 15) is 9.50 Å². The van der Waals surface area contributed by atoms with Gasteiger partial charge in [-0.3, -0.25) is 4.90 Å². The molecule has 1 aliphatic heterocycles. The molecule has 2 aromatic rings. The van der Waals surface area contributed by atoms with Gasteiger partial charge in [-0.25, -0.2) is 4.39 Å². The Morgan fingerprint density at radius 1 is 1.10 bits per heavy atom. The molecule has 2 aromatic carbocycles. The molecule has 0 aromatic heterocycles. The van der Waals surface area contributed by atoms with Crippen LogP contribution in [-0.4, -0.2) is 22.7 Å². The van der Waals surface area contributed by atoms with Crippen molar-refractivity contribution in [1.29, 1.82) is 0 Å². The summed E-state index contributed by atoms with van der Waals surface area (Å²) in [4.78, 5) is 2.22. The van der Waals surface area contributed by atoms with Crippen LogP contribution in [0.25, 0.3) is 0 Å². The molecule has 0 aliphatic carbocycles. The lowest BCUT2D eigenvalue weighted by molar-refractivity contribution is 0.0995. The zero-order valence-electron chi connectivity index (χ0n) is 11.3. The summed E-state index contributed by atoms with van der Waals surface area (Å²) < 4.78 is 13.4. The third kappa shape index (κ3) is 2.74. The summed E-state index contributed by atoms with van der Waals surface area (Å²) in [6.45, 7) is 1.60. The maximum absolute atomic E-state index is 13.4. The highest BCUT2D eigenvalue weighted by molar-refractivity contribution is 5.31. The van der Waals surface area contributed by atoms with Gasteiger partial charge in [0.15, 0.2) is 0 Å². The standard InChI is InChI=1S/C17H18FNO/c18-16-7-6-14-9-17(12-20)19(11-15(14)8-16)10-13-4-2-1-3-5-13/h1-8,17,20H,9-12H2/t17-/m0/s1. The molecule has 3 rings (SSSR count). The molecule has 0 fully saturated rings. The second kappa shape index (κ2) is 5.73. The summed E-state index contributed by atoms with van der Waals surface area (Å²) >= 11 is 0. The Bertz CT molecular complexity index is 585. The molecule has 0 radical (unpaired) electrons. The third-order valence-electron chi connectivity index (χ3n) is 3.95. The van der Waals surface area contributed by atoms with Gasteiger partial charge in [0.1, 0.15) is 5.82 Å². The second-order valence-corrected chi connectivity index (χ2v) is 5.34. The molecule has 0 saturated carbocycles. The highest BCUT2D eigenvalue weighted by atomic mass is 19.1. The van der Waals surface area contributed by atoms with Crippen molar-refractivity contribution in [2.24, 2.45) is 0 Å². The first-order valence-corrected chi connectivity index (χ1v) is 6.92. The van der Waals surface area contributed by atoms with Gasteiger partial charge in [0.25, 0.3) is 0 Å². The smallest absolute Gasteiger partial charge is 0.123 e. The van der Waals surface area contributed by atoms with E-state index in [2.05, 4.69) is 17.0 Å². The van der Waals surface area contributed by atoms with Gasteiger partial charge >= 0.3 is 0 Å². The van der Waals surface area contributed by atoms with Crippen LogP contribution < -0.4 is 0 Å². The van der Waals surface area contributed by atoms with E-state index in [1.165, 1.54) is 11.6 Å². The third-order valence-corrected chi connectivity index (χ3v) is 3.95. The molecule has 20 heavy (non-hydrogen) atoms. The Morgan fingerprint density at radius 2 is 1.90 bits per heavy atom. The first-order valence-electron chi connectivity index (χ1n) is 6.92. The van der Waals surface area contributed by atoms with E-state index in [0.717, 1.165) is 24.1 Å². The molecular formula is C17H18FNO. The fourth-order valence-corrected chi connectivity index (χ4v) is 2.85. The quantitative estimate of drug-likeness (QED) is 0.928. The van der Waals surface area contributed by atoms with Gasteiger partial charge in [-0.15, -0.1) is 0 Å². The maximum atomic E-state index is 13.4. The zero-order chi connectivity index (χ0) is 13.9. The first-order chi connectivity index (χ1) is 9.76. The summed E-state index contributed by atoms with van der Waals surface area (Å²) in [5.41, 5.74) is 3.39.